The van der Waals surface area contributed by atoms with Crippen LogP contribution in [0.2, 0.25) is 0 Å². The van der Waals surface area contributed by atoms with Gasteiger partial charge < -0.3 is 19.9 Å². The molecule has 1 unspecified atom stereocenters. The minimum Gasteiger partial charge on any atom is -0.434 e. The van der Waals surface area contributed by atoms with Gasteiger partial charge in [0.25, 0.3) is 0 Å². The Morgan fingerprint density at radius 2 is 2.35 bits per heavy atom. The van der Waals surface area contributed by atoms with Crippen LogP contribution < -0.4 is 5.73 Å². The van der Waals surface area contributed by atoms with Crippen molar-refractivity contribution in [1.29, 1.82) is 5.26 Å². The zero-order chi connectivity index (χ0) is 18.7. The lowest BCUT2D eigenvalue weighted by molar-refractivity contribution is -0.0559. The van der Waals surface area contributed by atoms with Gasteiger partial charge in [-0.15, -0.1) is 0 Å². The largest absolute Gasteiger partial charge is 0.508 e. The van der Waals surface area contributed by atoms with E-state index < -0.39 is 11.8 Å². The van der Waals surface area contributed by atoms with Crippen LogP contribution in [0.1, 0.15) is 38.5 Å². The topological polar surface area (TPSA) is 125 Å². The molecular weight excluding hydrogens is 338 g/mol. The van der Waals surface area contributed by atoms with Crippen molar-refractivity contribution >= 4 is 17.5 Å². The SMILES string of the molecule is CC(C)COC(=O)OC[C@]1(C#N)CCC(c2ccc3c(N)ncnn23)O1. The summed E-state index contributed by atoms with van der Waals surface area (Å²) in [5.41, 5.74) is 6.08. The van der Waals surface area contributed by atoms with Gasteiger partial charge in [0, 0.05) is 0 Å². The van der Waals surface area contributed by atoms with Gasteiger partial charge in [-0.2, -0.15) is 10.4 Å². The second-order valence-corrected chi connectivity index (χ2v) is 6.70. The summed E-state index contributed by atoms with van der Waals surface area (Å²) < 4.78 is 17.6. The Morgan fingerprint density at radius 1 is 1.54 bits per heavy atom. The van der Waals surface area contributed by atoms with Crippen molar-refractivity contribution in [3.05, 3.63) is 24.2 Å². The molecule has 1 saturated heterocycles. The van der Waals surface area contributed by atoms with Crippen LogP contribution in [-0.4, -0.2) is 39.6 Å². The highest BCUT2D eigenvalue weighted by molar-refractivity contribution is 5.65. The number of carbonyl (C=O) groups is 1. The zero-order valence-electron chi connectivity index (χ0n) is 14.7. The molecule has 0 spiro atoms. The number of nitrogens with two attached hydrogens (primary N) is 1. The first-order valence-corrected chi connectivity index (χ1v) is 8.41. The Balaban J connectivity index is 1.68. The first kappa shape index (κ1) is 17.9. The molecule has 0 aliphatic carbocycles. The number of fused-ring (bicyclic) bond motifs is 1. The van der Waals surface area contributed by atoms with Crippen LogP contribution in [-0.2, 0) is 14.2 Å². The minimum atomic E-state index is -1.20. The third kappa shape index (κ3) is 3.55. The maximum Gasteiger partial charge on any atom is 0.508 e. The van der Waals surface area contributed by atoms with E-state index in [1.165, 1.54) is 6.33 Å². The summed E-state index contributed by atoms with van der Waals surface area (Å²) >= 11 is 0. The van der Waals surface area contributed by atoms with Gasteiger partial charge >= 0.3 is 6.16 Å². The molecule has 138 valence electrons. The van der Waals surface area contributed by atoms with Crippen molar-refractivity contribution in [3.63, 3.8) is 0 Å². The van der Waals surface area contributed by atoms with E-state index in [2.05, 4.69) is 16.2 Å². The van der Waals surface area contributed by atoms with Gasteiger partial charge in [0.2, 0.25) is 0 Å². The molecule has 0 radical (unpaired) electrons. The van der Waals surface area contributed by atoms with Gasteiger partial charge in [-0.3, -0.25) is 0 Å². The van der Waals surface area contributed by atoms with Crippen LogP contribution in [0, 0.1) is 17.2 Å². The Hall–Kier alpha value is -2.86. The number of aromatic nitrogens is 3. The molecule has 3 rings (SSSR count). The summed E-state index contributed by atoms with van der Waals surface area (Å²) in [5.74, 6) is 0.573. The van der Waals surface area contributed by atoms with Gasteiger partial charge in [-0.1, -0.05) is 13.8 Å². The monoisotopic (exact) mass is 359 g/mol. The highest BCUT2D eigenvalue weighted by Gasteiger charge is 2.43. The fraction of sp³-hybridized carbons (Fsp3) is 0.529. The third-order valence-electron chi connectivity index (χ3n) is 4.18. The fourth-order valence-electron chi connectivity index (χ4n) is 2.85. The number of nitriles is 1. The predicted molar refractivity (Wildman–Crippen MR) is 90.9 cm³/mol. The number of nitrogens with zero attached hydrogens (tertiary/aromatic N) is 4. The van der Waals surface area contributed by atoms with Crippen LogP contribution in [0.15, 0.2) is 18.5 Å². The molecule has 2 atom stereocenters. The van der Waals surface area contributed by atoms with Crippen molar-refractivity contribution in [2.24, 2.45) is 5.92 Å². The molecule has 2 N–H and O–H groups in total. The van der Waals surface area contributed by atoms with E-state index in [-0.39, 0.29) is 25.2 Å². The standard InChI is InChI=1S/C17H21N5O4/c1-11(2)7-24-16(23)25-9-17(8-18)6-5-14(26-17)12-3-4-13-15(19)20-10-21-22(12)13/h3-4,10-11,14H,5-7,9H2,1-2H3,(H2,19,20,21)/t14?,17-/m1/s1. The maximum absolute atomic E-state index is 11.6. The predicted octanol–water partition coefficient (Wildman–Crippen LogP) is 2.23. The molecule has 9 nitrogen and oxygen atoms in total. The first-order chi connectivity index (χ1) is 12.4. The van der Waals surface area contributed by atoms with Crippen LogP contribution in [0.3, 0.4) is 0 Å². The average Bonchev–Trinajstić information content (AvgIpc) is 3.23. The van der Waals surface area contributed by atoms with Crippen molar-refractivity contribution < 1.29 is 19.0 Å². The summed E-state index contributed by atoms with van der Waals surface area (Å²) in [6.07, 6.45) is 1.23. The normalized spacial score (nSPS) is 22.5. The lowest BCUT2D eigenvalue weighted by atomic mass is 10.0. The average molecular weight is 359 g/mol. The molecule has 3 heterocycles. The number of nitrogen functional groups attached to an aromatic ring is 1. The van der Waals surface area contributed by atoms with Crippen LogP contribution in [0.4, 0.5) is 10.6 Å². The van der Waals surface area contributed by atoms with Crippen molar-refractivity contribution in [1.82, 2.24) is 14.6 Å². The molecule has 1 aliphatic heterocycles. The highest BCUT2D eigenvalue weighted by atomic mass is 16.7. The Morgan fingerprint density at radius 3 is 3.08 bits per heavy atom. The molecule has 2 aromatic heterocycles. The molecule has 0 saturated carbocycles. The van der Waals surface area contributed by atoms with Gasteiger partial charge in [-0.25, -0.2) is 14.3 Å². The number of hydrogen-bond donors (Lipinski definition) is 1. The second kappa shape index (κ2) is 7.17. The zero-order valence-corrected chi connectivity index (χ0v) is 14.7. The molecule has 0 aromatic carbocycles. The van der Waals surface area contributed by atoms with Gasteiger partial charge in [0.1, 0.15) is 30.6 Å². The van der Waals surface area contributed by atoms with E-state index in [1.807, 2.05) is 19.9 Å². The van der Waals surface area contributed by atoms with Crippen molar-refractivity contribution in [3.8, 4) is 6.07 Å². The van der Waals surface area contributed by atoms with E-state index in [0.717, 1.165) is 5.69 Å². The molecule has 2 aromatic rings. The Labute approximate surface area is 150 Å². The molecular formula is C17H21N5O4. The number of ether oxygens (including phenoxy) is 3. The summed E-state index contributed by atoms with van der Waals surface area (Å²) in [6.45, 7) is 3.93. The number of carbonyl (C=O) groups excluding carboxylic acids is 1. The van der Waals surface area contributed by atoms with Gasteiger partial charge in [-0.05, 0) is 30.9 Å². The number of hydrogen-bond acceptors (Lipinski definition) is 8. The van der Waals surface area contributed by atoms with Gasteiger partial charge in [0.05, 0.1) is 12.3 Å². The van der Waals surface area contributed by atoms with Crippen LogP contribution in [0.5, 0.6) is 0 Å². The Bertz CT molecular complexity index is 843. The third-order valence-corrected chi connectivity index (χ3v) is 4.18. The van der Waals surface area contributed by atoms with E-state index in [1.54, 1.807) is 10.6 Å². The van der Waals surface area contributed by atoms with Gasteiger partial charge in [0.15, 0.2) is 11.4 Å². The lowest BCUT2D eigenvalue weighted by Gasteiger charge is -2.21. The highest BCUT2D eigenvalue weighted by Crippen LogP contribution is 2.40. The van der Waals surface area contributed by atoms with Crippen molar-refractivity contribution in [2.45, 2.75) is 38.4 Å². The number of anilines is 1. The smallest absolute Gasteiger partial charge is 0.434 e. The van der Waals surface area contributed by atoms with Crippen LogP contribution in [0.25, 0.3) is 5.52 Å². The summed E-state index contributed by atoms with van der Waals surface area (Å²) in [4.78, 5) is 15.6. The molecule has 1 fully saturated rings. The van der Waals surface area contributed by atoms with E-state index in [0.29, 0.717) is 24.2 Å². The molecule has 1 aliphatic rings. The fourth-order valence-corrected chi connectivity index (χ4v) is 2.85. The lowest BCUT2D eigenvalue weighted by Crippen LogP contribution is -2.33. The molecule has 0 amide bonds. The number of rotatable bonds is 5. The van der Waals surface area contributed by atoms with Crippen molar-refractivity contribution in [2.75, 3.05) is 18.9 Å². The van der Waals surface area contributed by atoms with E-state index >= 15 is 0 Å². The van der Waals surface area contributed by atoms with E-state index in [4.69, 9.17) is 19.9 Å². The first-order valence-electron chi connectivity index (χ1n) is 8.41. The second-order valence-electron chi connectivity index (χ2n) is 6.70. The summed E-state index contributed by atoms with van der Waals surface area (Å²) in [7, 11) is 0. The summed E-state index contributed by atoms with van der Waals surface area (Å²) in [5, 5.41) is 13.8. The summed E-state index contributed by atoms with van der Waals surface area (Å²) in [6, 6.07) is 5.78. The molecule has 0 bridgehead atoms. The van der Waals surface area contributed by atoms with Crippen LogP contribution >= 0.6 is 0 Å². The molecule has 9 heteroatoms. The quantitative estimate of drug-likeness (QED) is 0.806. The Kier molecular flexibility index (Phi) is 4.95. The minimum absolute atomic E-state index is 0.183. The maximum atomic E-state index is 11.6. The van der Waals surface area contributed by atoms with E-state index in [9.17, 15) is 10.1 Å². The molecule has 26 heavy (non-hydrogen) atoms.